The number of nitrogens with zero attached hydrogens (tertiary/aromatic N) is 2. The fourth-order valence-corrected chi connectivity index (χ4v) is 4.39. The predicted octanol–water partition coefficient (Wildman–Crippen LogP) is 2.73. The van der Waals surface area contributed by atoms with Gasteiger partial charge in [0.15, 0.2) is 0 Å². The zero-order valence-electron chi connectivity index (χ0n) is 16.0. The fourth-order valence-electron chi connectivity index (χ4n) is 4.39. The number of carbonyl (C=O) groups is 2. The van der Waals surface area contributed by atoms with Gasteiger partial charge in [-0.15, -0.1) is 0 Å². The van der Waals surface area contributed by atoms with Gasteiger partial charge in [-0.2, -0.15) is 0 Å². The van der Waals surface area contributed by atoms with Crippen LogP contribution in [0.3, 0.4) is 0 Å². The zero-order chi connectivity index (χ0) is 19.9. The summed E-state index contributed by atoms with van der Waals surface area (Å²) >= 11 is 0. The first kappa shape index (κ1) is 18.6. The quantitative estimate of drug-likeness (QED) is 0.803. The van der Waals surface area contributed by atoms with Crippen LogP contribution in [-0.2, 0) is 15.1 Å². The largest absolute Gasteiger partial charge is 0.364 e. The van der Waals surface area contributed by atoms with E-state index in [1.54, 1.807) is 35.9 Å². The van der Waals surface area contributed by atoms with Gasteiger partial charge >= 0.3 is 0 Å². The maximum Gasteiger partial charge on any atom is 0.256 e. The first-order valence-corrected chi connectivity index (χ1v) is 9.43. The van der Waals surface area contributed by atoms with Gasteiger partial charge in [0.25, 0.3) is 5.91 Å². The molecule has 146 valence electrons. The van der Waals surface area contributed by atoms with Crippen LogP contribution in [0.25, 0.3) is 0 Å². The van der Waals surface area contributed by atoms with Gasteiger partial charge in [-0.05, 0) is 30.5 Å². The number of halogens is 1. The predicted molar refractivity (Wildman–Crippen MR) is 102 cm³/mol. The second kappa shape index (κ2) is 7.02. The Morgan fingerprint density at radius 2 is 1.93 bits per heavy atom. The number of likely N-dealkylation sites (N-methyl/N-ethyl adjacent to an activating group) is 1. The Balaban J connectivity index is 1.67. The number of benzene rings is 2. The minimum absolute atomic E-state index is 0.0173. The van der Waals surface area contributed by atoms with Gasteiger partial charge in [0.1, 0.15) is 18.5 Å². The van der Waals surface area contributed by atoms with E-state index in [0.29, 0.717) is 25.1 Å². The fraction of sp³-hybridized carbons (Fsp3) is 0.364. The van der Waals surface area contributed by atoms with Crippen molar-refractivity contribution in [2.45, 2.75) is 25.0 Å². The first-order chi connectivity index (χ1) is 13.4. The van der Waals surface area contributed by atoms with Gasteiger partial charge in [-0.1, -0.05) is 42.5 Å². The average molecular weight is 382 g/mol. The molecule has 2 amide bonds. The minimum atomic E-state index is -0.626. The molecule has 0 aliphatic carbocycles. The SMILES string of the molecule is Cc1cccc(C(=O)N2CC[C@]3(c4ccccc4)[C@@H](C2)OCC(=O)N3C)c1F. The van der Waals surface area contributed by atoms with Crippen molar-refractivity contribution in [3.05, 3.63) is 71.0 Å². The van der Waals surface area contributed by atoms with Crippen molar-refractivity contribution in [1.82, 2.24) is 9.80 Å². The van der Waals surface area contributed by atoms with E-state index in [-0.39, 0.29) is 30.1 Å². The molecule has 2 fully saturated rings. The molecule has 0 saturated carbocycles. The van der Waals surface area contributed by atoms with Gasteiger partial charge in [0.05, 0.1) is 11.1 Å². The number of fused-ring (bicyclic) bond motifs is 1. The number of carbonyl (C=O) groups excluding carboxylic acids is 2. The molecule has 0 spiro atoms. The molecule has 0 aromatic heterocycles. The van der Waals surface area contributed by atoms with E-state index in [9.17, 15) is 14.0 Å². The molecule has 0 N–H and O–H groups in total. The Bertz CT molecular complexity index is 917. The number of rotatable bonds is 2. The number of aryl methyl sites for hydroxylation is 1. The summed E-state index contributed by atoms with van der Waals surface area (Å²) in [4.78, 5) is 28.8. The first-order valence-electron chi connectivity index (χ1n) is 9.43. The number of hydrogen-bond donors (Lipinski definition) is 0. The second-order valence-electron chi connectivity index (χ2n) is 7.48. The maximum atomic E-state index is 14.5. The highest BCUT2D eigenvalue weighted by Gasteiger charge is 2.53. The van der Waals surface area contributed by atoms with E-state index in [4.69, 9.17) is 4.74 Å². The van der Waals surface area contributed by atoms with E-state index >= 15 is 0 Å². The normalized spacial score (nSPS) is 24.8. The lowest BCUT2D eigenvalue weighted by Gasteiger charge is -2.54. The van der Waals surface area contributed by atoms with Crippen LogP contribution in [0.2, 0.25) is 0 Å². The Labute approximate surface area is 163 Å². The highest BCUT2D eigenvalue weighted by Crippen LogP contribution is 2.42. The summed E-state index contributed by atoms with van der Waals surface area (Å²) < 4.78 is 20.4. The van der Waals surface area contributed by atoms with E-state index < -0.39 is 11.4 Å². The summed E-state index contributed by atoms with van der Waals surface area (Å²) in [5.74, 6) is -0.903. The molecule has 6 heteroatoms. The van der Waals surface area contributed by atoms with Crippen molar-refractivity contribution >= 4 is 11.8 Å². The van der Waals surface area contributed by atoms with Crippen LogP contribution < -0.4 is 0 Å². The van der Waals surface area contributed by atoms with E-state index in [0.717, 1.165) is 5.56 Å². The van der Waals surface area contributed by atoms with Crippen molar-refractivity contribution in [2.24, 2.45) is 0 Å². The molecule has 2 aromatic carbocycles. The molecular formula is C22H23FN2O3. The Hall–Kier alpha value is -2.73. The molecular weight excluding hydrogens is 359 g/mol. The third-order valence-corrected chi connectivity index (χ3v) is 6.05. The van der Waals surface area contributed by atoms with E-state index in [1.807, 2.05) is 30.3 Å². The third kappa shape index (κ3) is 2.79. The Morgan fingerprint density at radius 3 is 2.68 bits per heavy atom. The van der Waals surface area contributed by atoms with Crippen molar-refractivity contribution in [3.8, 4) is 0 Å². The Morgan fingerprint density at radius 1 is 1.18 bits per heavy atom. The molecule has 2 atom stereocenters. The van der Waals surface area contributed by atoms with Gasteiger partial charge in [0, 0.05) is 20.1 Å². The smallest absolute Gasteiger partial charge is 0.256 e. The van der Waals surface area contributed by atoms with Crippen LogP contribution in [0.1, 0.15) is 27.9 Å². The lowest BCUT2D eigenvalue weighted by atomic mass is 9.76. The standard InChI is InChI=1S/C22H23FN2O3/c1-15-7-6-10-17(20(15)23)21(27)25-12-11-22(16-8-4-3-5-9-16)18(13-25)28-14-19(26)24(22)2/h3-10,18H,11-14H2,1-2H3/t18-,22+/m1/s1. The van der Waals surface area contributed by atoms with E-state index in [2.05, 4.69) is 0 Å². The number of piperidine rings is 1. The summed E-state index contributed by atoms with van der Waals surface area (Å²) in [7, 11) is 1.79. The van der Waals surface area contributed by atoms with Crippen LogP contribution in [-0.4, -0.2) is 54.5 Å². The number of morpholine rings is 1. The molecule has 2 aromatic rings. The monoisotopic (exact) mass is 382 g/mol. The van der Waals surface area contributed by atoms with Crippen molar-refractivity contribution in [2.75, 3.05) is 26.7 Å². The Kier molecular flexibility index (Phi) is 4.67. The van der Waals surface area contributed by atoms with Crippen molar-refractivity contribution < 1.29 is 18.7 Å². The lowest BCUT2D eigenvalue weighted by molar-refractivity contribution is -0.180. The molecule has 2 saturated heterocycles. The average Bonchev–Trinajstić information content (AvgIpc) is 2.72. The molecule has 2 aliphatic heterocycles. The maximum absolute atomic E-state index is 14.5. The van der Waals surface area contributed by atoms with Crippen LogP contribution in [0.4, 0.5) is 4.39 Å². The molecule has 2 heterocycles. The summed E-state index contributed by atoms with van der Waals surface area (Å²) in [6.07, 6.45) is 0.159. The summed E-state index contributed by atoms with van der Waals surface area (Å²) in [6, 6.07) is 14.6. The van der Waals surface area contributed by atoms with Crippen LogP contribution in [0.15, 0.2) is 48.5 Å². The van der Waals surface area contributed by atoms with Gasteiger partial charge in [0.2, 0.25) is 5.91 Å². The highest BCUT2D eigenvalue weighted by atomic mass is 19.1. The summed E-state index contributed by atoms with van der Waals surface area (Å²) in [5, 5.41) is 0. The van der Waals surface area contributed by atoms with Crippen LogP contribution in [0, 0.1) is 12.7 Å². The number of amides is 2. The molecule has 0 bridgehead atoms. The molecule has 2 aliphatic rings. The second-order valence-corrected chi connectivity index (χ2v) is 7.48. The van der Waals surface area contributed by atoms with E-state index in [1.165, 1.54) is 6.07 Å². The number of ether oxygens (including phenoxy) is 1. The minimum Gasteiger partial charge on any atom is -0.364 e. The van der Waals surface area contributed by atoms with Crippen LogP contribution >= 0.6 is 0 Å². The number of hydrogen-bond acceptors (Lipinski definition) is 3. The number of likely N-dealkylation sites (tertiary alicyclic amines) is 1. The molecule has 0 unspecified atom stereocenters. The van der Waals surface area contributed by atoms with Crippen molar-refractivity contribution in [3.63, 3.8) is 0 Å². The van der Waals surface area contributed by atoms with Gasteiger partial charge in [-0.25, -0.2) is 4.39 Å². The lowest BCUT2D eigenvalue weighted by Crippen LogP contribution is -2.67. The summed E-state index contributed by atoms with van der Waals surface area (Å²) in [6.45, 7) is 2.35. The molecule has 5 nitrogen and oxygen atoms in total. The van der Waals surface area contributed by atoms with Gasteiger partial charge < -0.3 is 14.5 Å². The topological polar surface area (TPSA) is 49.9 Å². The highest BCUT2D eigenvalue weighted by molar-refractivity contribution is 5.95. The van der Waals surface area contributed by atoms with Crippen molar-refractivity contribution in [1.29, 1.82) is 0 Å². The molecule has 4 rings (SSSR count). The molecule has 0 radical (unpaired) electrons. The summed E-state index contributed by atoms with van der Waals surface area (Å²) in [5.41, 5.74) is 0.885. The van der Waals surface area contributed by atoms with Crippen LogP contribution in [0.5, 0.6) is 0 Å². The third-order valence-electron chi connectivity index (χ3n) is 6.05. The molecule has 28 heavy (non-hydrogen) atoms. The van der Waals surface area contributed by atoms with Gasteiger partial charge in [-0.3, -0.25) is 9.59 Å². The zero-order valence-corrected chi connectivity index (χ0v) is 16.0.